The summed E-state index contributed by atoms with van der Waals surface area (Å²) in [7, 11) is 0. The van der Waals surface area contributed by atoms with Gasteiger partial charge in [0.15, 0.2) is 0 Å². The van der Waals surface area contributed by atoms with E-state index in [2.05, 4.69) is 10.6 Å². The average molecular weight is 228 g/mol. The van der Waals surface area contributed by atoms with Gasteiger partial charge in [0.05, 0.1) is 0 Å². The van der Waals surface area contributed by atoms with Crippen molar-refractivity contribution in [2.75, 3.05) is 13.1 Å². The van der Waals surface area contributed by atoms with E-state index >= 15 is 0 Å². The Morgan fingerprint density at radius 1 is 1.44 bits per heavy atom. The second kappa shape index (κ2) is 7.22. The molecule has 5 nitrogen and oxygen atoms in total. The van der Waals surface area contributed by atoms with Crippen molar-refractivity contribution in [2.45, 2.75) is 44.6 Å². The first kappa shape index (κ1) is 13.0. The highest BCUT2D eigenvalue weighted by Gasteiger charge is 2.16. The van der Waals surface area contributed by atoms with Crippen LogP contribution >= 0.6 is 0 Å². The minimum Gasteiger partial charge on any atom is -0.481 e. The monoisotopic (exact) mass is 228 g/mol. The second-order valence-corrected chi connectivity index (χ2v) is 4.20. The number of rotatable bonds is 7. The summed E-state index contributed by atoms with van der Waals surface area (Å²) in [6.07, 6.45) is 4.46. The average Bonchev–Trinajstić information content (AvgIpc) is 2.25. The number of aliphatic carboxylic acids is 1. The van der Waals surface area contributed by atoms with Gasteiger partial charge in [-0.15, -0.1) is 0 Å². The molecule has 0 aliphatic carbocycles. The number of carbonyl (C=O) groups is 2. The molecule has 0 aromatic heterocycles. The molecular formula is C11H20N2O3. The third-order valence-electron chi connectivity index (χ3n) is 2.77. The van der Waals surface area contributed by atoms with E-state index < -0.39 is 5.97 Å². The van der Waals surface area contributed by atoms with Gasteiger partial charge in [-0.2, -0.15) is 0 Å². The third-order valence-corrected chi connectivity index (χ3v) is 2.77. The number of carboxylic acids is 1. The highest BCUT2D eigenvalue weighted by Crippen LogP contribution is 2.03. The number of carbonyl (C=O) groups excluding carboxylic acids is 1. The molecule has 1 fully saturated rings. The molecular weight excluding hydrogens is 208 g/mol. The quantitative estimate of drug-likeness (QED) is 0.554. The highest BCUT2D eigenvalue weighted by atomic mass is 16.4. The standard InChI is InChI=1S/C11H20N2O3/c14-10-6-5-9(8-13-10)12-7-3-1-2-4-11(15)16/h9,12H,1-8H2,(H,13,14)(H,15,16). The Hall–Kier alpha value is -1.10. The zero-order chi connectivity index (χ0) is 11.8. The Kier molecular flexibility index (Phi) is 5.85. The first-order valence-corrected chi connectivity index (χ1v) is 5.90. The van der Waals surface area contributed by atoms with Crippen LogP contribution in [0.2, 0.25) is 0 Å². The van der Waals surface area contributed by atoms with Crippen molar-refractivity contribution in [1.29, 1.82) is 0 Å². The topological polar surface area (TPSA) is 78.4 Å². The number of amides is 1. The van der Waals surface area contributed by atoms with E-state index in [0.29, 0.717) is 19.0 Å². The molecule has 16 heavy (non-hydrogen) atoms. The van der Waals surface area contributed by atoms with Gasteiger partial charge in [-0.05, 0) is 25.8 Å². The van der Waals surface area contributed by atoms with Crippen molar-refractivity contribution in [2.24, 2.45) is 0 Å². The van der Waals surface area contributed by atoms with Crippen molar-refractivity contribution in [3.8, 4) is 0 Å². The number of hydrogen-bond donors (Lipinski definition) is 3. The van der Waals surface area contributed by atoms with Gasteiger partial charge in [0.1, 0.15) is 0 Å². The van der Waals surface area contributed by atoms with Crippen LogP contribution in [-0.2, 0) is 9.59 Å². The van der Waals surface area contributed by atoms with Crippen molar-refractivity contribution in [3.05, 3.63) is 0 Å². The molecule has 1 heterocycles. The molecule has 0 bridgehead atoms. The van der Waals surface area contributed by atoms with Crippen LogP contribution in [0.4, 0.5) is 0 Å². The minimum atomic E-state index is -0.719. The van der Waals surface area contributed by atoms with Gasteiger partial charge in [-0.25, -0.2) is 0 Å². The molecule has 0 saturated carbocycles. The summed E-state index contributed by atoms with van der Waals surface area (Å²) in [6.45, 7) is 1.62. The summed E-state index contributed by atoms with van der Waals surface area (Å²) in [4.78, 5) is 21.1. The van der Waals surface area contributed by atoms with Crippen LogP contribution in [0, 0.1) is 0 Å². The van der Waals surface area contributed by atoms with Gasteiger partial charge in [0.25, 0.3) is 0 Å². The number of nitrogens with one attached hydrogen (secondary N) is 2. The maximum atomic E-state index is 10.9. The lowest BCUT2D eigenvalue weighted by Gasteiger charge is -2.23. The molecule has 3 N–H and O–H groups in total. The zero-order valence-electron chi connectivity index (χ0n) is 9.50. The highest BCUT2D eigenvalue weighted by molar-refractivity contribution is 5.76. The van der Waals surface area contributed by atoms with Crippen LogP contribution in [0.15, 0.2) is 0 Å². The third kappa shape index (κ3) is 5.70. The van der Waals surface area contributed by atoms with Crippen LogP contribution in [-0.4, -0.2) is 36.1 Å². The molecule has 0 aromatic rings. The molecule has 92 valence electrons. The first-order chi connectivity index (χ1) is 7.68. The van der Waals surface area contributed by atoms with E-state index in [1.807, 2.05) is 0 Å². The summed E-state index contributed by atoms with van der Waals surface area (Å²) in [5, 5.41) is 14.6. The summed E-state index contributed by atoms with van der Waals surface area (Å²) in [5.74, 6) is -0.581. The predicted octanol–water partition coefficient (Wildman–Crippen LogP) is 0.500. The van der Waals surface area contributed by atoms with Crippen LogP contribution < -0.4 is 10.6 Å². The molecule has 1 aliphatic heterocycles. The van der Waals surface area contributed by atoms with Crippen LogP contribution in [0.25, 0.3) is 0 Å². The molecule has 1 rings (SSSR count). The van der Waals surface area contributed by atoms with Gasteiger partial charge in [0, 0.05) is 25.4 Å². The van der Waals surface area contributed by atoms with Crippen molar-refractivity contribution < 1.29 is 14.7 Å². The normalized spacial score (nSPS) is 20.5. The Labute approximate surface area is 95.6 Å². The Morgan fingerprint density at radius 3 is 2.88 bits per heavy atom. The van der Waals surface area contributed by atoms with E-state index in [-0.39, 0.29) is 12.3 Å². The van der Waals surface area contributed by atoms with Gasteiger partial charge < -0.3 is 15.7 Å². The molecule has 1 atom stereocenters. The largest absolute Gasteiger partial charge is 0.481 e. The molecule has 1 amide bonds. The minimum absolute atomic E-state index is 0.138. The zero-order valence-corrected chi connectivity index (χ0v) is 9.50. The summed E-state index contributed by atoms with van der Waals surface area (Å²) < 4.78 is 0. The van der Waals surface area contributed by atoms with Crippen molar-refractivity contribution in [1.82, 2.24) is 10.6 Å². The number of unbranched alkanes of at least 4 members (excludes halogenated alkanes) is 2. The molecule has 0 aromatic carbocycles. The van der Waals surface area contributed by atoms with Crippen molar-refractivity contribution in [3.63, 3.8) is 0 Å². The maximum Gasteiger partial charge on any atom is 0.303 e. The first-order valence-electron chi connectivity index (χ1n) is 5.90. The molecule has 1 aliphatic rings. The molecule has 1 saturated heterocycles. The smallest absolute Gasteiger partial charge is 0.303 e. The second-order valence-electron chi connectivity index (χ2n) is 4.20. The fourth-order valence-corrected chi connectivity index (χ4v) is 1.79. The van der Waals surface area contributed by atoms with Gasteiger partial charge in [0.2, 0.25) is 5.91 Å². The van der Waals surface area contributed by atoms with E-state index in [1.165, 1.54) is 0 Å². The van der Waals surface area contributed by atoms with E-state index in [0.717, 1.165) is 32.2 Å². The fraction of sp³-hybridized carbons (Fsp3) is 0.818. The number of piperidine rings is 1. The SMILES string of the molecule is O=C(O)CCCCCNC1CCC(=O)NC1. The maximum absolute atomic E-state index is 10.9. The van der Waals surface area contributed by atoms with Crippen LogP contribution in [0.1, 0.15) is 38.5 Å². The van der Waals surface area contributed by atoms with Crippen LogP contribution in [0.5, 0.6) is 0 Å². The summed E-state index contributed by atoms with van der Waals surface area (Å²) >= 11 is 0. The molecule has 0 radical (unpaired) electrons. The van der Waals surface area contributed by atoms with Gasteiger partial charge in [-0.1, -0.05) is 6.42 Å². The van der Waals surface area contributed by atoms with E-state index in [9.17, 15) is 9.59 Å². The predicted molar refractivity (Wildman–Crippen MR) is 60.1 cm³/mol. The van der Waals surface area contributed by atoms with Crippen LogP contribution in [0.3, 0.4) is 0 Å². The molecule has 0 spiro atoms. The Morgan fingerprint density at radius 2 is 2.25 bits per heavy atom. The lowest BCUT2D eigenvalue weighted by molar-refractivity contribution is -0.137. The summed E-state index contributed by atoms with van der Waals surface area (Å²) in [5.41, 5.74) is 0. The molecule has 1 unspecified atom stereocenters. The van der Waals surface area contributed by atoms with Gasteiger partial charge in [-0.3, -0.25) is 9.59 Å². The Balaban J connectivity index is 1.91. The summed E-state index contributed by atoms with van der Waals surface area (Å²) in [6, 6.07) is 0.386. The van der Waals surface area contributed by atoms with Crippen molar-refractivity contribution >= 4 is 11.9 Å². The fourth-order valence-electron chi connectivity index (χ4n) is 1.79. The van der Waals surface area contributed by atoms with E-state index in [1.54, 1.807) is 0 Å². The van der Waals surface area contributed by atoms with E-state index in [4.69, 9.17) is 5.11 Å². The lowest BCUT2D eigenvalue weighted by Crippen LogP contribution is -2.45. The lowest BCUT2D eigenvalue weighted by atomic mass is 10.1. The Bertz CT molecular complexity index is 233. The number of hydrogen-bond acceptors (Lipinski definition) is 3. The number of carboxylic acid groups (broad SMARTS) is 1. The van der Waals surface area contributed by atoms with Gasteiger partial charge >= 0.3 is 5.97 Å². The molecule has 5 heteroatoms.